The molecule has 0 bridgehead atoms. The molecule has 1 aliphatic heterocycles. The molecule has 2 unspecified atom stereocenters. The van der Waals surface area contributed by atoms with E-state index in [1.807, 2.05) is 0 Å². The second-order valence-corrected chi connectivity index (χ2v) is 6.52. The molecule has 4 N–H and O–H groups in total. The van der Waals surface area contributed by atoms with Crippen LogP contribution in [0.3, 0.4) is 0 Å². The van der Waals surface area contributed by atoms with Crippen molar-refractivity contribution in [3.63, 3.8) is 0 Å². The number of ether oxygens (including phenoxy) is 1. The van der Waals surface area contributed by atoms with Crippen LogP contribution in [0.25, 0.3) is 11.2 Å². The van der Waals surface area contributed by atoms with Crippen molar-refractivity contribution in [2.45, 2.75) is 24.9 Å². The van der Waals surface area contributed by atoms with Gasteiger partial charge in [0.15, 0.2) is 11.5 Å². The lowest BCUT2D eigenvalue weighted by Gasteiger charge is -2.17. The molecule has 0 radical (unpaired) electrons. The number of hydrogen-bond acceptors (Lipinski definition) is 9. The number of fused-ring (bicyclic) bond motifs is 1. The lowest BCUT2D eigenvalue weighted by molar-refractivity contribution is -0.0431. The molecule has 1 fully saturated rings. The Morgan fingerprint density at radius 2 is 2.30 bits per heavy atom. The second kappa shape index (κ2) is 6.11. The van der Waals surface area contributed by atoms with Gasteiger partial charge in [0.2, 0.25) is 0 Å². The summed E-state index contributed by atoms with van der Waals surface area (Å²) in [4.78, 5) is 21.3. The number of anilines is 1. The minimum absolute atomic E-state index is 0.242. The van der Waals surface area contributed by atoms with Gasteiger partial charge in [0.25, 0.3) is 0 Å². The van der Waals surface area contributed by atoms with E-state index in [1.165, 1.54) is 12.7 Å². The van der Waals surface area contributed by atoms with Crippen molar-refractivity contribution in [2.24, 2.45) is 0 Å². The molecular weight excluding hydrogens is 329 g/mol. The summed E-state index contributed by atoms with van der Waals surface area (Å²) in [6.45, 7) is -0.289. The van der Waals surface area contributed by atoms with E-state index in [2.05, 4.69) is 19.5 Å². The Kier molecular flexibility index (Phi) is 4.32. The van der Waals surface area contributed by atoms with Gasteiger partial charge in [0, 0.05) is 13.5 Å². The predicted molar refractivity (Wildman–Crippen MR) is 77.1 cm³/mol. The average Bonchev–Trinajstić information content (AvgIpc) is 3.10. The largest absolute Gasteiger partial charge is 0.472 e. The first-order valence-corrected chi connectivity index (χ1v) is 8.20. The molecule has 0 aromatic carbocycles. The van der Waals surface area contributed by atoms with Crippen LogP contribution in [0.4, 0.5) is 5.82 Å². The number of nitrogens with two attached hydrogens (primary N) is 1. The third-order valence-corrected chi connectivity index (χ3v) is 4.47. The highest BCUT2D eigenvalue weighted by Gasteiger charge is 2.37. The summed E-state index contributed by atoms with van der Waals surface area (Å²) in [6, 6.07) is 0. The van der Waals surface area contributed by atoms with Crippen LogP contribution in [0, 0.1) is 0 Å². The van der Waals surface area contributed by atoms with Crippen molar-refractivity contribution in [2.75, 3.05) is 19.5 Å². The summed E-state index contributed by atoms with van der Waals surface area (Å²) in [5, 5.41) is 10.0. The van der Waals surface area contributed by atoms with Gasteiger partial charge in [-0.15, -0.1) is 0 Å². The summed E-state index contributed by atoms with van der Waals surface area (Å²) < 4.78 is 27.6. The molecule has 0 amide bonds. The zero-order valence-corrected chi connectivity index (χ0v) is 13.0. The molecule has 3 rings (SSSR count). The van der Waals surface area contributed by atoms with Crippen LogP contribution in [-0.4, -0.2) is 55.4 Å². The number of aliphatic hydroxyl groups is 1. The average molecular weight is 345 g/mol. The second-order valence-electron chi connectivity index (χ2n) is 4.96. The van der Waals surface area contributed by atoms with E-state index in [0.29, 0.717) is 11.2 Å². The van der Waals surface area contributed by atoms with Crippen LogP contribution in [0.2, 0.25) is 0 Å². The fourth-order valence-electron chi connectivity index (χ4n) is 2.34. The molecule has 4 atom stereocenters. The normalized spacial score (nSPS) is 27.3. The highest BCUT2D eigenvalue weighted by Crippen LogP contribution is 2.43. The van der Waals surface area contributed by atoms with Crippen LogP contribution in [0.15, 0.2) is 12.7 Å². The molecule has 126 valence electrons. The Labute approximate surface area is 130 Å². The minimum Gasteiger partial charge on any atom is -0.390 e. The summed E-state index contributed by atoms with van der Waals surface area (Å²) in [5.41, 5.74) is 6.63. The fourth-order valence-corrected chi connectivity index (χ4v) is 2.78. The molecule has 12 heteroatoms. The smallest absolute Gasteiger partial charge is 0.390 e. The maximum atomic E-state index is 11.3. The van der Waals surface area contributed by atoms with E-state index in [-0.39, 0.29) is 18.8 Å². The molecule has 3 heterocycles. The van der Waals surface area contributed by atoms with E-state index < -0.39 is 26.3 Å². The van der Waals surface area contributed by atoms with Gasteiger partial charge >= 0.3 is 7.82 Å². The highest BCUT2D eigenvalue weighted by molar-refractivity contribution is 7.47. The number of aliphatic hydroxyl groups excluding tert-OH is 1. The van der Waals surface area contributed by atoms with Crippen molar-refractivity contribution in [3.8, 4) is 0 Å². The van der Waals surface area contributed by atoms with Gasteiger partial charge in [0.05, 0.1) is 19.0 Å². The molecule has 1 saturated heterocycles. The molecule has 2 aromatic rings. The van der Waals surface area contributed by atoms with Crippen molar-refractivity contribution in [1.29, 1.82) is 0 Å². The van der Waals surface area contributed by atoms with E-state index in [1.54, 1.807) is 4.57 Å². The lowest BCUT2D eigenvalue weighted by atomic mass is 10.2. The summed E-state index contributed by atoms with van der Waals surface area (Å²) >= 11 is 0. The summed E-state index contributed by atoms with van der Waals surface area (Å²) in [6.07, 6.45) is 0.816. The van der Waals surface area contributed by atoms with Crippen molar-refractivity contribution in [3.05, 3.63) is 12.7 Å². The van der Waals surface area contributed by atoms with Crippen LogP contribution < -0.4 is 5.73 Å². The summed E-state index contributed by atoms with van der Waals surface area (Å²) in [5.74, 6) is 0.244. The standard InChI is InChI=1S/C11H16N5O6P/c1-20-23(18,19)21-3-7-6(17)2-8(22-7)16-5-15-9-10(12)13-4-14-11(9)16/h4-8,17H,2-3H2,1H3,(H,18,19)(H2,12,13,14)/t6-,7+,8?/m0/s1. The van der Waals surface area contributed by atoms with Gasteiger partial charge in [-0.05, 0) is 0 Å². The maximum absolute atomic E-state index is 11.3. The molecule has 1 aliphatic rings. The first-order valence-electron chi connectivity index (χ1n) is 6.71. The Hall–Kier alpha value is -1.62. The number of nitrogens with zero attached hydrogens (tertiary/aromatic N) is 4. The molecule has 0 spiro atoms. The SMILES string of the molecule is COP(=O)(O)OC[C@H]1OC(n2cnc3c(N)ncnc32)C[C@@H]1O. The highest BCUT2D eigenvalue weighted by atomic mass is 31.2. The van der Waals surface area contributed by atoms with Gasteiger partial charge in [-0.25, -0.2) is 19.5 Å². The maximum Gasteiger partial charge on any atom is 0.472 e. The molecule has 0 saturated carbocycles. The van der Waals surface area contributed by atoms with Crippen LogP contribution in [0.5, 0.6) is 0 Å². The predicted octanol–water partition coefficient (Wildman–Crippen LogP) is -0.180. The Morgan fingerprint density at radius 3 is 3.04 bits per heavy atom. The fraction of sp³-hybridized carbons (Fsp3) is 0.545. The molecule has 0 aliphatic carbocycles. The van der Waals surface area contributed by atoms with Gasteiger partial charge in [0.1, 0.15) is 24.2 Å². The zero-order valence-electron chi connectivity index (χ0n) is 12.1. The van der Waals surface area contributed by atoms with Gasteiger partial charge in [-0.1, -0.05) is 0 Å². The molecule has 11 nitrogen and oxygen atoms in total. The lowest BCUT2D eigenvalue weighted by Crippen LogP contribution is -2.26. The van der Waals surface area contributed by atoms with Crippen molar-refractivity contribution >= 4 is 24.8 Å². The first kappa shape index (κ1) is 16.2. The summed E-state index contributed by atoms with van der Waals surface area (Å²) in [7, 11) is -3.07. The molecular formula is C11H16N5O6P. The van der Waals surface area contributed by atoms with Gasteiger partial charge in [-0.3, -0.25) is 13.6 Å². The Balaban J connectivity index is 1.75. The number of hydrogen-bond donors (Lipinski definition) is 3. The van der Waals surface area contributed by atoms with E-state index in [4.69, 9.17) is 15.0 Å². The van der Waals surface area contributed by atoms with E-state index >= 15 is 0 Å². The number of phosphoric ester groups is 1. The van der Waals surface area contributed by atoms with Crippen LogP contribution in [-0.2, 0) is 18.3 Å². The number of rotatable bonds is 5. The third-order valence-electron chi connectivity index (χ3n) is 3.53. The van der Waals surface area contributed by atoms with Crippen LogP contribution in [0.1, 0.15) is 12.6 Å². The van der Waals surface area contributed by atoms with E-state index in [0.717, 1.165) is 7.11 Å². The van der Waals surface area contributed by atoms with Crippen LogP contribution >= 0.6 is 7.82 Å². The minimum atomic E-state index is -4.13. The Bertz CT molecular complexity index is 754. The zero-order chi connectivity index (χ0) is 16.6. The van der Waals surface area contributed by atoms with E-state index in [9.17, 15) is 14.6 Å². The van der Waals surface area contributed by atoms with Gasteiger partial charge < -0.3 is 20.5 Å². The monoisotopic (exact) mass is 345 g/mol. The Morgan fingerprint density at radius 1 is 1.52 bits per heavy atom. The molecule has 23 heavy (non-hydrogen) atoms. The third kappa shape index (κ3) is 3.20. The quantitative estimate of drug-likeness (QED) is 0.621. The molecule has 2 aromatic heterocycles. The number of nitrogen functional groups attached to an aromatic ring is 1. The van der Waals surface area contributed by atoms with Crippen molar-refractivity contribution < 1.29 is 28.3 Å². The van der Waals surface area contributed by atoms with Gasteiger partial charge in [-0.2, -0.15) is 0 Å². The first-order chi connectivity index (χ1) is 10.9. The topological polar surface area (TPSA) is 155 Å². The van der Waals surface area contributed by atoms with Crippen molar-refractivity contribution in [1.82, 2.24) is 19.5 Å². The number of imidazole rings is 1. The number of phosphoric acid groups is 1. The number of aromatic nitrogens is 4.